The van der Waals surface area contributed by atoms with Crippen molar-refractivity contribution in [3.8, 4) is 0 Å². The van der Waals surface area contributed by atoms with Gasteiger partial charge >= 0.3 is 5.97 Å². The number of carbonyl (C=O) groups is 1. The number of aliphatic carboxylic acids is 1. The van der Waals surface area contributed by atoms with Gasteiger partial charge in [-0.05, 0) is 32.6 Å². The number of carboxylic acid groups (broad SMARTS) is 1. The van der Waals surface area contributed by atoms with Gasteiger partial charge in [0.25, 0.3) is 0 Å². The Kier molecular flexibility index (Phi) is 3.17. The monoisotopic (exact) mass is 201 g/mol. The van der Waals surface area contributed by atoms with E-state index in [2.05, 4.69) is 5.32 Å². The lowest BCUT2D eigenvalue weighted by atomic mass is 9.86. The Morgan fingerprint density at radius 2 is 2.07 bits per heavy atom. The zero-order valence-corrected chi connectivity index (χ0v) is 8.95. The van der Waals surface area contributed by atoms with Gasteiger partial charge in [0.05, 0.1) is 5.60 Å². The second-order valence-electron chi connectivity index (χ2n) is 4.68. The summed E-state index contributed by atoms with van der Waals surface area (Å²) >= 11 is 0. The first-order valence-electron chi connectivity index (χ1n) is 5.03. The van der Waals surface area contributed by atoms with Gasteiger partial charge in [0.1, 0.15) is 6.04 Å². The average molecular weight is 201 g/mol. The van der Waals surface area contributed by atoms with E-state index in [-0.39, 0.29) is 12.0 Å². The van der Waals surface area contributed by atoms with E-state index in [4.69, 9.17) is 5.11 Å². The van der Waals surface area contributed by atoms with Crippen molar-refractivity contribution < 1.29 is 15.0 Å². The molecule has 0 aromatic rings. The zero-order chi connectivity index (χ0) is 10.9. The Balaban J connectivity index is 2.54. The highest BCUT2D eigenvalue weighted by Gasteiger charge is 2.37. The van der Waals surface area contributed by atoms with Crippen LogP contribution in [0.2, 0.25) is 0 Å². The van der Waals surface area contributed by atoms with Crippen molar-refractivity contribution in [3.63, 3.8) is 0 Å². The summed E-state index contributed by atoms with van der Waals surface area (Å²) < 4.78 is 0. The van der Waals surface area contributed by atoms with Gasteiger partial charge in [-0.2, -0.15) is 0 Å². The van der Waals surface area contributed by atoms with Gasteiger partial charge < -0.3 is 15.5 Å². The summed E-state index contributed by atoms with van der Waals surface area (Å²) in [6, 6.07) is -0.333. The zero-order valence-electron chi connectivity index (χ0n) is 8.95. The predicted octanol–water partition coefficient (Wildman–Crippen LogP) is 0.599. The summed E-state index contributed by atoms with van der Waals surface area (Å²) in [6.45, 7) is 5.46. The fourth-order valence-corrected chi connectivity index (χ4v) is 1.85. The molecule has 0 amide bonds. The quantitative estimate of drug-likeness (QED) is 0.625. The number of rotatable bonds is 3. The van der Waals surface area contributed by atoms with Crippen molar-refractivity contribution in [3.05, 3.63) is 0 Å². The lowest BCUT2D eigenvalue weighted by molar-refractivity contribution is -0.139. The molecule has 1 aliphatic heterocycles. The normalized spacial score (nSPS) is 30.3. The van der Waals surface area contributed by atoms with E-state index in [1.807, 2.05) is 6.92 Å². The molecule has 0 bridgehead atoms. The molecule has 3 atom stereocenters. The molecule has 82 valence electrons. The Hall–Kier alpha value is -0.610. The molecule has 0 aromatic carbocycles. The third-order valence-corrected chi connectivity index (χ3v) is 3.20. The van der Waals surface area contributed by atoms with Crippen LogP contribution >= 0.6 is 0 Å². The van der Waals surface area contributed by atoms with Crippen LogP contribution in [0.25, 0.3) is 0 Å². The van der Waals surface area contributed by atoms with Gasteiger partial charge in [0.2, 0.25) is 0 Å². The second kappa shape index (κ2) is 3.87. The Labute approximate surface area is 84.3 Å². The first kappa shape index (κ1) is 11.5. The fourth-order valence-electron chi connectivity index (χ4n) is 1.85. The first-order chi connectivity index (χ1) is 6.32. The molecule has 0 aliphatic carbocycles. The van der Waals surface area contributed by atoms with Crippen LogP contribution < -0.4 is 5.32 Å². The van der Waals surface area contributed by atoms with Crippen LogP contribution in [0.3, 0.4) is 0 Å². The molecule has 4 nitrogen and oxygen atoms in total. The molecule has 0 spiro atoms. The number of nitrogens with one attached hydrogen (secondary N) is 1. The minimum absolute atomic E-state index is 0.0619. The third-order valence-electron chi connectivity index (χ3n) is 3.20. The van der Waals surface area contributed by atoms with Crippen LogP contribution in [0.1, 0.15) is 33.6 Å². The van der Waals surface area contributed by atoms with Crippen LogP contribution in [0.5, 0.6) is 0 Å². The Morgan fingerprint density at radius 1 is 1.50 bits per heavy atom. The van der Waals surface area contributed by atoms with E-state index < -0.39 is 17.6 Å². The summed E-state index contributed by atoms with van der Waals surface area (Å²) in [5.41, 5.74) is -0.759. The molecule has 0 saturated carbocycles. The molecular weight excluding hydrogens is 182 g/mol. The molecule has 3 N–H and O–H groups in total. The molecule has 14 heavy (non-hydrogen) atoms. The third kappa shape index (κ3) is 2.45. The molecule has 3 unspecified atom stereocenters. The summed E-state index contributed by atoms with van der Waals surface area (Å²) in [4.78, 5) is 10.7. The van der Waals surface area contributed by atoms with Gasteiger partial charge in [-0.15, -0.1) is 0 Å². The number of hydrogen-bond acceptors (Lipinski definition) is 3. The lowest BCUT2D eigenvalue weighted by Gasteiger charge is -2.31. The Morgan fingerprint density at radius 3 is 2.43 bits per heavy atom. The van der Waals surface area contributed by atoms with Gasteiger partial charge in [-0.3, -0.25) is 4.79 Å². The van der Waals surface area contributed by atoms with Gasteiger partial charge in [0, 0.05) is 6.04 Å². The molecule has 1 rings (SSSR count). The summed E-state index contributed by atoms with van der Waals surface area (Å²) in [6.07, 6.45) is 1.47. The summed E-state index contributed by atoms with van der Waals surface area (Å²) in [5, 5.41) is 21.6. The van der Waals surface area contributed by atoms with E-state index >= 15 is 0 Å². The molecule has 4 heteroatoms. The smallest absolute Gasteiger partial charge is 0.320 e. The molecule has 0 radical (unpaired) electrons. The molecule has 1 fully saturated rings. The van der Waals surface area contributed by atoms with Crippen molar-refractivity contribution in [1.82, 2.24) is 5.32 Å². The molecule has 0 aromatic heterocycles. The average Bonchev–Trinajstić information content (AvgIpc) is 2.48. The number of hydrogen-bond donors (Lipinski definition) is 3. The van der Waals surface area contributed by atoms with Crippen molar-refractivity contribution in [1.29, 1.82) is 0 Å². The maximum atomic E-state index is 10.7. The molecular formula is C10H19NO3. The lowest BCUT2D eigenvalue weighted by Crippen LogP contribution is -2.45. The van der Waals surface area contributed by atoms with Crippen LogP contribution in [0.4, 0.5) is 0 Å². The fraction of sp³-hybridized carbons (Fsp3) is 0.900. The van der Waals surface area contributed by atoms with Gasteiger partial charge in [0.15, 0.2) is 0 Å². The highest BCUT2D eigenvalue weighted by molar-refractivity contribution is 5.73. The maximum absolute atomic E-state index is 10.7. The largest absolute Gasteiger partial charge is 0.480 e. The van der Waals surface area contributed by atoms with Gasteiger partial charge in [-0.1, -0.05) is 6.92 Å². The number of carboxylic acids is 1. The predicted molar refractivity (Wildman–Crippen MR) is 53.0 cm³/mol. The van der Waals surface area contributed by atoms with Crippen molar-refractivity contribution in [2.24, 2.45) is 5.92 Å². The van der Waals surface area contributed by atoms with E-state index in [0.717, 1.165) is 6.42 Å². The van der Waals surface area contributed by atoms with Crippen molar-refractivity contribution in [2.75, 3.05) is 0 Å². The van der Waals surface area contributed by atoms with E-state index in [1.165, 1.54) is 0 Å². The minimum Gasteiger partial charge on any atom is -0.480 e. The summed E-state index contributed by atoms with van der Waals surface area (Å²) in [7, 11) is 0. The maximum Gasteiger partial charge on any atom is 0.320 e. The van der Waals surface area contributed by atoms with Crippen molar-refractivity contribution in [2.45, 2.75) is 51.3 Å². The molecule has 1 heterocycles. The van der Waals surface area contributed by atoms with E-state index in [0.29, 0.717) is 6.42 Å². The van der Waals surface area contributed by atoms with Crippen LogP contribution in [-0.4, -0.2) is 33.9 Å². The molecule has 1 aliphatic rings. The van der Waals surface area contributed by atoms with Crippen LogP contribution in [-0.2, 0) is 4.79 Å². The second-order valence-corrected chi connectivity index (χ2v) is 4.68. The van der Waals surface area contributed by atoms with Gasteiger partial charge in [-0.25, -0.2) is 0 Å². The SMILES string of the molecule is CC(C1CCC(C(=O)O)N1)C(C)(C)O. The minimum atomic E-state index is -0.796. The first-order valence-corrected chi connectivity index (χ1v) is 5.03. The Bertz CT molecular complexity index is 222. The summed E-state index contributed by atoms with van der Waals surface area (Å²) in [5.74, 6) is -0.734. The van der Waals surface area contributed by atoms with E-state index in [9.17, 15) is 9.90 Å². The van der Waals surface area contributed by atoms with Crippen LogP contribution in [0, 0.1) is 5.92 Å². The number of aliphatic hydroxyl groups is 1. The highest BCUT2D eigenvalue weighted by atomic mass is 16.4. The molecule has 1 saturated heterocycles. The topological polar surface area (TPSA) is 69.6 Å². The van der Waals surface area contributed by atoms with E-state index in [1.54, 1.807) is 13.8 Å². The highest BCUT2D eigenvalue weighted by Crippen LogP contribution is 2.26. The van der Waals surface area contributed by atoms with Crippen LogP contribution in [0.15, 0.2) is 0 Å². The van der Waals surface area contributed by atoms with Crippen molar-refractivity contribution >= 4 is 5.97 Å². The standard InChI is InChI=1S/C10H19NO3/c1-6(10(2,3)14)7-4-5-8(11-7)9(12)13/h6-8,11,14H,4-5H2,1-3H3,(H,12,13).